The lowest BCUT2D eigenvalue weighted by molar-refractivity contribution is -0.133. The van der Waals surface area contributed by atoms with E-state index >= 15 is 0 Å². The van der Waals surface area contributed by atoms with Crippen LogP contribution < -0.4 is 10.1 Å². The molecule has 2 amide bonds. The molecule has 0 aromatic heterocycles. The van der Waals surface area contributed by atoms with Crippen molar-refractivity contribution >= 4 is 17.5 Å². The number of hydrogen-bond acceptors (Lipinski definition) is 3. The molecule has 2 aromatic rings. The topological polar surface area (TPSA) is 58.6 Å². The van der Waals surface area contributed by atoms with Crippen LogP contribution in [0.4, 0.5) is 5.69 Å². The van der Waals surface area contributed by atoms with E-state index in [0.717, 1.165) is 37.1 Å². The summed E-state index contributed by atoms with van der Waals surface area (Å²) in [6, 6.07) is 13.0. The maximum atomic E-state index is 12.5. The van der Waals surface area contributed by atoms with Crippen molar-refractivity contribution in [1.29, 1.82) is 0 Å². The Labute approximate surface area is 153 Å². The smallest absolute Gasteiger partial charge is 0.255 e. The standard InChI is InChI=1S/C21H22N2O3/c1-26-19-4-2-3-16(12-19)20(24)22-18-8-7-14-9-10-23(13-17(14)11-18)21(25)15-5-6-15/h2-4,7-8,11-12,15H,5-6,9-10,13H2,1H3,(H,22,24). The van der Waals surface area contributed by atoms with Gasteiger partial charge < -0.3 is 15.0 Å². The zero-order chi connectivity index (χ0) is 18.1. The molecule has 1 aliphatic heterocycles. The first-order valence-corrected chi connectivity index (χ1v) is 9.00. The van der Waals surface area contributed by atoms with Crippen molar-refractivity contribution in [3.05, 3.63) is 59.2 Å². The fourth-order valence-electron chi connectivity index (χ4n) is 3.38. The lowest BCUT2D eigenvalue weighted by Gasteiger charge is -2.29. The second-order valence-electron chi connectivity index (χ2n) is 6.95. The summed E-state index contributed by atoms with van der Waals surface area (Å²) < 4.78 is 5.17. The van der Waals surface area contributed by atoms with Crippen LogP contribution in [0.5, 0.6) is 5.75 Å². The summed E-state index contributed by atoms with van der Waals surface area (Å²) in [5.41, 5.74) is 3.67. The first-order valence-electron chi connectivity index (χ1n) is 9.00. The number of fused-ring (bicyclic) bond motifs is 1. The second-order valence-corrected chi connectivity index (χ2v) is 6.95. The Morgan fingerprint density at radius 2 is 1.96 bits per heavy atom. The number of anilines is 1. The molecule has 5 heteroatoms. The average molecular weight is 350 g/mol. The fraction of sp³-hybridized carbons (Fsp3) is 0.333. The molecule has 0 spiro atoms. The van der Waals surface area contributed by atoms with E-state index in [-0.39, 0.29) is 17.7 Å². The van der Waals surface area contributed by atoms with Gasteiger partial charge in [0.05, 0.1) is 7.11 Å². The molecule has 0 bridgehead atoms. The minimum Gasteiger partial charge on any atom is -0.497 e. The van der Waals surface area contributed by atoms with Crippen molar-refractivity contribution in [2.75, 3.05) is 19.0 Å². The Balaban J connectivity index is 1.49. The van der Waals surface area contributed by atoms with E-state index in [0.29, 0.717) is 17.9 Å². The Morgan fingerprint density at radius 1 is 1.12 bits per heavy atom. The summed E-state index contributed by atoms with van der Waals surface area (Å²) in [6.07, 6.45) is 2.93. The van der Waals surface area contributed by atoms with Gasteiger partial charge in [-0.05, 0) is 60.7 Å². The number of ether oxygens (including phenoxy) is 1. The molecule has 0 saturated heterocycles. The summed E-state index contributed by atoms with van der Waals surface area (Å²) in [4.78, 5) is 26.8. The van der Waals surface area contributed by atoms with Crippen molar-refractivity contribution in [2.45, 2.75) is 25.8 Å². The maximum absolute atomic E-state index is 12.5. The molecule has 2 aromatic carbocycles. The first-order chi connectivity index (χ1) is 12.6. The summed E-state index contributed by atoms with van der Waals surface area (Å²) in [7, 11) is 1.58. The zero-order valence-electron chi connectivity index (χ0n) is 14.8. The Kier molecular flexibility index (Phi) is 4.37. The van der Waals surface area contributed by atoms with Crippen LogP contribution in [0.1, 0.15) is 34.3 Å². The van der Waals surface area contributed by atoms with Gasteiger partial charge in [-0.3, -0.25) is 9.59 Å². The fourth-order valence-corrected chi connectivity index (χ4v) is 3.38. The number of methoxy groups -OCH3 is 1. The predicted octanol–water partition coefficient (Wildman–Crippen LogP) is 3.24. The number of benzene rings is 2. The highest BCUT2D eigenvalue weighted by atomic mass is 16.5. The third-order valence-electron chi connectivity index (χ3n) is 5.05. The van der Waals surface area contributed by atoms with Gasteiger partial charge in [0.15, 0.2) is 0 Å². The predicted molar refractivity (Wildman–Crippen MR) is 99.2 cm³/mol. The number of nitrogens with zero attached hydrogens (tertiary/aromatic N) is 1. The molecule has 134 valence electrons. The minimum atomic E-state index is -0.175. The number of carbonyl (C=O) groups is 2. The van der Waals surface area contributed by atoms with E-state index < -0.39 is 0 Å². The number of rotatable bonds is 4. The molecule has 1 fully saturated rings. The Hall–Kier alpha value is -2.82. The van der Waals surface area contributed by atoms with Gasteiger partial charge in [0, 0.05) is 30.3 Å². The maximum Gasteiger partial charge on any atom is 0.255 e. The summed E-state index contributed by atoms with van der Waals surface area (Å²) in [6.45, 7) is 1.42. The van der Waals surface area contributed by atoms with Crippen molar-refractivity contribution in [1.82, 2.24) is 4.90 Å². The number of amides is 2. The van der Waals surface area contributed by atoms with Crippen molar-refractivity contribution in [3.8, 4) is 5.75 Å². The van der Waals surface area contributed by atoms with Gasteiger partial charge in [-0.15, -0.1) is 0 Å². The molecule has 0 radical (unpaired) electrons. The molecule has 1 N–H and O–H groups in total. The van der Waals surface area contributed by atoms with Crippen LogP contribution >= 0.6 is 0 Å². The van der Waals surface area contributed by atoms with Crippen LogP contribution in [0.3, 0.4) is 0 Å². The van der Waals surface area contributed by atoms with Gasteiger partial charge in [0.25, 0.3) is 5.91 Å². The van der Waals surface area contributed by atoms with Crippen molar-refractivity contribution < 1.29 is 14.3 Å². The van der Waals surface area contributed by atoms with Crippen LogP contribution in [0.15, 0.2) is 42.5 Å². The minimum absolute atomic E-state index is 0.175. The van der Waals surface area contributed by atoms with Gasteiger partial charge in [0.2, 0.25) is 5.91 Å². The van der Waals surface area contributed by atoms with Gasteiger partial charge in [-0.1, -0.05) is 12.1 Å². The highest BCUT2D eigenvalue weighted by molar-refractivity contribution is 6.04. The molecule has 26 heavy (non-hydrogen) atoms. The van der Waals surface area contributed by atoms with Gasteiger partial charge in [0.1, 0.15) is 5.75 Å². The SMILES string of the molecule is COc1cccc(C(=O)Nc2ccc3c(c2)CN(C(=O)C2CC2)CC3)c1. The summed E-state index contributed by atoms with van der Waals surface area (Å²) >= 11 is 0. The molecule has 4 rings (SSSR count). The van der Waals surface area contributed by atoms with E-state index in [4.69, 9.17) is 4.74 Å². The molecular weight excluding hydrogens is 328 g/mol. The molecular formula is C21H22N2O3. The van der Waals surface area contributed by atoms with Crippen molar-refractivity contribution in [3.63, 3.8) is 0 Å². The Morgan fingerprint density at radius 3 is 2.73 bits per heavy atom. The number of nitrogens with one attached hydrogen (secondary N) is 1. The summed E-state index contributed by atoms with van der Waals surface area (Å²) in [5.74, 6) is 0.997. The number of hydrogen-bond donors (Lipinski definition) is 1. The van der Waals surface area contributed by atoms with Crippen LogP contribution in [0.25, 0.3) is 0 Å². The summed E-state index contributed by atoms with van der Waals surface area (Å²) in [5, 5.41) is 2.94. The van der Waals surface area contributed by atoms with E-state index in [1.807, 2.05) is 17.0 Å². The lowest BCUT2D eigenvalue weighted by Crippen LogP contribution is -2.36. The van der Waals surface area contributed by atoms with Crippen LogP contribution in [-0.4, -0.2) is 30.4 Å². The van der Waals surface area contributed by atoms with E-state index in [1.165, 1.54) is 5.56 Å². The number of carbonyl (C=O) groups excluding carboxylic acids is 2. The van der Waals surface area contributed by atoms with Gasteiger partial charge in [-0.2, -0.15) is 0 Å². The molecule has 0 unspecified atom stereocenters. The van der Waals surface area contributed by atoms with E-state index in [1.54, 1.807) is 31.4 Å². The average Bonchev–Trinajstić information content (AvgIpc) is 3.52. The molecule has 1 aliphatic carbocycles. The Bertz CT molecular complexity index is 858. The van der Waals surface area contributed by atoms with Gasteiger partial charge in [-0.25, -0.2) is 0 Å². The third kappa shape index (κ3) is 3.43. The molecule has 1 heterocycles. The third-order valence-corrected chi connectivity index (χ3v) is 5.05. The van der Waals surface area contributed by atoms with Crippen LogP contribution in [0.2, 0.25) is 0 Å². The van der Waals surface area contributed by atoms with Crippen molar-refractivity contribution in [2.24, 2.45) is 5.92 Å². The quantitative estimate of drug-likeness (QED) is 0.921. The van der Waals surface area contributed by atoms with Crippen LogP contribution in [0, 0.1) is 5.92 Å². The first kappa shape index (κ1) is 16.6. The highest BCUT2D eigenvalue weighted by Gasteiger charge is 2.34. The highest BCUT2D eigenvalue weighted by Crippen LogP contribution is 2.33. The lowest BCUT2D eigenvalue weighted by atomic mass is 9.98. The molecule has 0 atom stereocenters. The largest absolute Gasteiger partial charge is 0.497 e. The van der Waals surface area contributed by atoms with Gasteiger partial charge >= 0.3 is 0 Å². The second kappa shape index (κ2) is 6.83. The van der Waals surface area contributed by atoms with E-state index in [9.17, 15) is 9.59 Å². The van der Waals surface area contributed by atoms with E-state index in [2.05, 4.69) is 11.4 Å². The molecule has 2 aliphatic rings. The molecule has 1 saturated carbocycles. The molecule has 5 nitrogen and oxygen atoms in total. The van der Waals surface area contributed by atoms with Crippen LogP contribution in [-0.2, 0) is 17.8 Å². The zero-order valence-corrected chi connectivity index (χ0v) is 14.8. The normalized spacial score (nSPS) is 16.0. The monoisotopic (exact) mass is 350 g/mol.